The molecule has 1 fully saturated rings. The second-order valence-electron chi connectivity index (χ2n) is 3.01. The SMILES string of the molecule is CO[C@H]1C[C@@H](O)[C@@H](OC)[C@@H](C)O1. The molecule has 4 heteroatoms. The fraction of sp³-hybridized carbons (Fsp3) is 1.00. The van der Waals surface area contributed by atoms with Crippen LogP contribution in [0.3, 0.4) is 0 Å². The highest BCUT2D eigenvalue weighted by Crippen LogP contribution is 2.22. The van der Waals surface area contributed by atoms with E-state index in [2.05, 4.69) is 0 Å². The molecule has 0 aromatic carbocycles. The molecular formula is C8H16O4. The molecule has 1 saturated heterocycles. The third-order valence-electron chi connectivity index (χ3n) is 2.18. The lowest BCUT2D eigenvalue weighted by atomic mass is 10.0. The van der Waals surface area contributed by atoms with Gasteiger partial charge in [0, 0.05) is 20.6 Å². The lowest BCUT2D eigenvalue weighted by molar-refractivity contribution is -0.242. The molecule has 0 aromatic rings. The summed E-state index contributed by atoms with van der Waals surface area (Å²) in [4.78, 5) is 0. The highest BCUT2D eigenvalue weighted by molar-refractivity contribution is 4.81. The summed E-state index contributed by atoms with van der Waals surface area (Å²) in [6.45, 7) is 1.86. The molecule has 1 rings (SSSR count). The average molecular weight is 176 g/mol. The Balaban J connectivity index is 2.51. The molecular weight excluding hydrogens is 160 g/mol. The van der Waals surface area contributed by atoms with E-state index in [1.54, 1.807) is 14.2 Å². The van der Waals surface area contributed by atoms with Crippen molar-refractivity contribution in [3.8, 4) is 0 Å². The third kappa shape index (κ3) is 1.95. The maximum absolute atomic E-state index is 9.56. The summed E-state index contributed by atoms with van der Waals surface area (Å²) in [5.74, 6) is 0. The van der Waals surface area contributed by atoms with Crippen molar-refractivity contribution in [2.75, 3.05) is 14.2 Å². The molecule has 1 aliphatic heterocycles. The average Bonchev–Trinajstić information content (AvgIpc) is 2.03. The van der Waals surface area contributed by atoms with Crippen LogP contribution in [0.5, 0.6) is 0 Å². The first-order valence-corrected chi connectivity index (χ1v) is 4.08. The Morgan fingerprint density at radius 2 is 2.00 bits per heavy atom. The number of ether oxygens (including phenoxy) is 3. The highest BCUT2D eigenvalue weighted by atomic mass is 16.7. The zero-order chi connectivity index (χ0) is 9.14. The summed E-state index contributed by atoms with van der Waals surface area (Å²) in [6, 6.07) is 0. The summed E-state index contributed by atoms with van der Waals surface area (Å²) in [5.41, 5.74) is 0. The first kappa shape index (κ1) is 9.92. The molecule has 0 amide bonds. The monoisotopic (exact) mass is 176 g/mol. The Morgan fingerprint density at radius 3 is 2.42 bits per heavy atom. The second-order valence-corrected chi connectivity index (χ2v) is 3.01. The zero-order valence-corrected chi connectivity index (χ0v) is 7.69. The molecule has 1 aliphatic rings. The molecule has 0 spiro atoms. The minimum atomic E-state index is -0.497. The largest absolute Gasteiger partial charge is 0.390 e. The molecule has 1 N–H and O–H groups in total. The maximum Gasteiger partial charge on any atom is 0.160 e. The van der Waals surface area contributed by atoms with E-state index < -0.39 is 6.10 Å². The van der Waals surface area contributed by atoms with Crippen molar-refractivity contribution in [1.29, 1.82) is 0 Å². The number of hydrogen-bond donors (Lipinski definition) is 1. The van der Waals surface area contributed by atoms with Gasteiger partial charge in [-0.2, -0.15) is 0 Å². The van der Waals surface area contributed by atoms with Crippen LogP contribution in [0.2, 0.25) is 0 Å². The van der Waals surface area contributed by atoms with Gasteiger partial charge in [-0.15, -0.1) is 0 Å². The van der Waals surface area contributed by atoms with Gasteiger partial charge in [0.15, 0.2) is 6.29 Å². The lowest BCUT2D eigenvalue weighted by Gasteiger charge is -2.36. The molecule has 12 heavy (non-hydrogen) atoms. The number of rotatable bonds is 2. The molecule has 4 nitrogen and oxygen atoms in total. The predicted molar refractivity (Wildman–Crippen MR) is 42.8 cm³/mol. The first-order valence-electron chi connectivity index (χ1n) is 4.08. The van der Waals surface area contributed by atoms with Gasteiger partial charge in [-0.3, -0.25) is 0 Å². The van der Waals surface area contributed by atoms with Crippen LogP contribution in [0, 0.1) is 0 Å². The van der Waals surface area contributed by atoms with Crippen LogP contribution in [0.15, 0.2) is 0 Å². The fourth-order valence-electron chi connectivity index (χ4n) is 1.52. The normalized spacial score (nSPS) is 43.0. The minimum absolute atomic E-state index is 0.122. The molecule has 1 heterocycles. The highest BCUT2D eigenvalue weighted by Gasteiger charge is 2.35. The van der Waals surface area contributed by atoms with E-state index in [4.69, 9.17) is 14.2 Å². The minimum Gasteiger partial charge on any atom is -0.390 e. The van der Waals surface area contributed by atoms with Crippen LogP contribution < -0.4 is 0 Å². The molecule has 0 bridgehead atoms. The summed E-state index contributed by atoms with van der Waals surface area (Å²) in [6.07, 6.45) is -0.690. The number of hydrogen-bond acceptors (Lipinski definition) is 4. The summed E-state index contributed by atoms with van der Waals surface area (Å²) < 4.78 is 15.5. The van der Waals surface area contributed by atoms with Crippen molar-refractivity contribution in [3.63, 3.8) is 0 Å². The van der Waals surface area contributed by atoms with E-state index in [1.165, 1.54) is 0 Å². The Labute approximate surface area is 72.4 Å². The van der Waals surface area contributed by atoms with Crippen LogP contribution >= 0.6 is 0 Å². The zero-order valence-electron chi connectivity index (χ0n) is 7.69. The van der Waals surface area contributed by atoms with Crippen LogP contribution in [0.1, 0.15) is 13.3 Å². The van der Waals surface area contributed by atoms with Gasteiger partial charge < -0.3 is 19.3 Å². The number of aliphatic hydroxyl groups excluding tert-OH is 1. The van der Waals surface area contributed by atoms with Gasteiger partial charge >= 0.3 is 0 Å². The smallest absolute Gasteiger partial charge is 0.160 e. The van der Waals surface area contributed by atoms with Crippen molar-refractivity contribution in [1.82, 2.24) is 0 Å². The molecule has 0 aromatic heterocycles. The maximum atomic E-state index is 9.56. The van der Waals surface area contributed by atoms with E-state index >= 15 is 0 Å². The molecule has 0 radical (unpaired) electrons. The number of aliphatic hydroxyl groups is 1. The second kappa shape index (κ2) is 4.18. The summed E-state index contributed by atoms with van der Waals surface area (Å²) in [5, 5.41) is 9.56. The third-order valence-corrected chi connectivity index (χ3v) is 2.18. The Kier molecular flexibility index (Phi) is 3.46. The van der Waals surface area contributed by atoms with E-state index in [9.17, 15) is 5.11 Å². The van der Waals surface area contributed by atoms with Crippen LogP contribution in [-0.2, 0) is 14.2 Å². The topological polar surface area (TPSA) is 47.9 Å². The molecule has 72 valence electrons. The predicted octanol–water partition coefficient (Wildman–Crippen LogP) is 0.144. The van der Waals surface area contributed by atoms with Crippen LogP contribution in [0.4, 0.5) is 0 Å². The van der Waals surface area contributed by atoms with Crippen molar-refractivity contribution >= 4 is 0 Å². The summed E-state index contributed by atoms with van der Waals surface area (Å²) >= 11 is 0. The van der Waals surface area contributed by atoms with Gasteiger partial charge in [0.1, 0.15) is 6.10 Å². The van der Waals surface area contributed by atoms with Gasteiger partial charge in [-0.05, 0) is 6.92 Å². The van der Waals surface area contributed by atoms with E-state index in [0.717, 1.165) is 0 Å². The molecule has 4 atom stereocenters. The van der Waals surface area contributed by atoms with Crippen molar-refractivity contribution in [3.05, 3.63) is 0 Å². The lowest BCUT2D eigenvalue weighted by Crippen LogP contribution is -2.48. The van der Waals surface area contributed by atoms with Crippen molar-refractivity contribution in [2.45, 2.75) is 37.9 Å². The van der Waals surface area contributed by atoms with E-state index in [1.807, 2.05) is 6.92 Å². The van der Waals surface area contributed by atoms with E-state index in [-0.39, 0.29) is 18.5 Å². The fourth-order valence-corrected chi connectivity index (χ4v) is 1.52. The number of methoxy groups -OCH3 is 2. The van der Waals surface area contributed by atoms with Gasteiger partial charge in [-0.1, -0.05) is 0 Å². The molecule has 0 aliphatic carbocycles. The Hall–Kier alpha value is -0.160. The van der Waals surface area contributed by atoms with Crippen molar-refractivity contribution < 1.29 is 19.3 Å². The van der Waals surface area contributed by atoms with Crippen molar-refractivity contribution in [2.24, 2.45) is 0 Å². The molecule has 0 unspecified atom stereocenters. The van der Waals surface area contributed by atoms with Gasteiger partial charge in [0.2, 0.25) is 0 Å². The first-order chi connectivity index (χ1) is 5.69. The van der Waals surface area contributed by atoms with Gasteiger partial charge in [0.25, 0.3) is 0 Å². The van der Waals surface area contributed by atoms with Gasteiger partial charge in [0.05, 0.1) is 12.2 Å². The standard InChI is InChI=1S/C8H16O4/c1-5-8(11-3)6(9)4-7(10-2)12-5/h5-9H,4H2,1-3H3/t5-,6-,7-,8+/m1/s1. The summed E-state index contributed by atoms with van der Waals surface area (Å²) in [7, 11) is 3.14. The van der Waals surface area contributed by atoms with Crippen LogP contribution in [-0.4, -0.2) is 43.9 Å². The quantitative estimate of drug-likeness (QED) is 0.650. The molecule has 0 saturated carbocycles. The van der Waals surface area contributed by atoms with Gasteiger partial charge in [-0.25, -0.2) is 0 Å². The van der Waals surface area contributed by atoms with Crippen LogP contribution in [0.25, 0.3) is 0 Å². The Bertz CT molecular complexity index is 127. The Morgan fingerprint density at radius 1 is 1.33 bits per heavy atom. The van der Waals surface area contributed by atoms with E-state index in [0.29, 0.717) is 6.42 Å².